The average molecular weight is 749 g/mol. The minimum Gasteiger partial charge on any atom is -0.356 e. The molecule has 52 heavy (non-hydrogen) atoms. The number of halogens is 6. The van der Waals surface area contributed by atoms with E-state index in [0.717, 1.165) is 28.8 Å². The molecule has 278 valence electrons. The van der Waals surface area contributed by atoms with E-state index in [-0.39, 0.29) is 39.8 Å². The van der Waals surface area contributed by atoms with Crippen molar-refractivity contribution >= 4 is 29.4 Å². The molecular formula is C34H38ClF5N10O2. The number of aromatic nitrogens is 6. The third kappa shape index (κ3) is 9.10. The molecule has 0 unspecified atom stereocenters. The zero-order valence-corrected chi connectivity index (χ0v) is 29.5. The maximum Gasteiger partial charge on any atom is 0.400 e. The van der Waals surface area contributed by atoms with E-state index >= 15 is 0 Å². The first-order valence-electron chi connectivity index (χ1n) is 16.4. The van der Waals surface area contributed by atoms with E-state index in [1.165, 1.54) is 30.3 Å². The monoisotopic (exact) mass is 748 g/mol. The van der Waals surface area contributed by atoms with Crippen LogP contribution in [0.1, 0.15) is 87.2 Å². The third-order valence-electron chi connectivity index (χ3n) is 8.45. The Hall–Kier alpha value is -4.93. The number of guanidine groups is 1. The fourth-order valence-corrected chi connectivity index (χ4v) is 5.39. The molecule has 4 aromatic rings. The molecule has 0 aliphatic heterocycles. The summed E-state index contributed by atoms with van der Waals surface area (Å²) < 4.78 is 69.0. The number of benzene rings is 2. The van der Waals surface area contributed by atoms with Gasteiger partial charge in [-0.1, -0.05) is 50.6 Å². The largest absolute Gasteiger partial charge is 0.400 e. The minimum absolute atomic E-state index is 0.0323. The first-order chi connectivity index (χ1) is 24.4. The molecule has 1 aliphatic carbocycles. The molecule has 18 heteroatoms. The summed E-state index contributed by atoms with van der Waals surface area (Å²) in [4.78, 5) is 33.4. The van der Waals surface area contributed by atoms with Crippen molar-refractivity contribution in [1.82, 2.24) is 45.3 Å². The lowest BCUT2D eigenvalue weighted by Crippen LogP contribution is -2.50. The van der Waals surface area contributed by atoms with Crippen molar-refractivity contribution in [2.75, 3.05) is 13.1 Å². The highest BCUT2D eigenvalue weighted by atomic mass is 35.5. The quantitative estimate of drug-likeness (QED) is 0.0811. The second kappa shape index (κ2) is 15.4. The molecule has 0 bridgehead atoms. The Morgan fingerprint density at radius 3 is 2.37 bits per heavy atom. The second-order valence-electron chi connectivity index (χ2n) is 13.7. The van der Waals surface area contributed by atoms with Crippen LogP contribution in [0.15, 0.2) is 55.0 Å². The molecule has 12 nitrogen and oxygen atoms in total. The number of hydrogen-bond donors (Lipinski definition) is 3. The molecule has 0 saturated heterocycles. The van der Waals surface area contributed by atoms with E-state index in [1.54, 1.807) is 23.1 Å². The van der Waals surface area contributed by atoms with Gasteiger partial charge in [0.2, 0.25) is 5.91 Å². The zero-order valence-electron chi connectivity index (χ0n) is 28.8. The summed E-state index contributed by atoms with van der Waals surface area (Å²) in [5, 5.41) is 26.9. The topological polar surface area (TPSA) is 147 Å². The molecular weight excluding hydrogens is 711 g/mol. The van der Waals surface area contributed by atoms with Crippen LogP contribution in [0, 0.1) is 16.7 Å². The van der Waals surface area contributed by atoms with Gasteiger partial charge in [0.1, 0.15) is 17.9 Å². The first-order valence-corrected chi connectivity index (χ1v) is 16.8. The van der Waals surface area contributed by atoms with E-state index in [4.69, 9.17) is 17.0 Å². The zero-order chi connectivity index (χ0) is 38.0. The Morgan fingerprint density at radius 1 is 1.06 bits per heavy atom. The van der Waals surface area contributed by atoms with Gasteiger partial charge in [-0.25, -0.2) is 18.4 Å². The summed E-state index contributed by atoms with van der Waals surface area (Å²) in [6, 6.07) is 9.31. The summed E-state index contributed by atoms with van der Waals surface area (Å²) in [7, 11) is 0. The molecule has 2 heterocycles. The van der Waals surface area contributed by atoms with Gasteiger partial charge < -0.3 is 10.6 Å². The Kier molecular flexibility index (Phi) is 11.3. The predicted octanol–water partition coefficient (Wildman–Crippen LogP) is 6.91. The highest BCUT2D eigenvalue weighted by Crippen LogP contribution is 2.34. The Bertz CT molecular complexity index is 1900. The van der Waals surface area contributed by atoms with Crippen LogP contribution in [0.3, 0.4) is 0 Å². The molecule has 1 saturated carbocycles. The summed E-state index contributed by atoms with van der Waals surface area (Å²) in [5.74, 6) is -5.65. The smallest absolute Gasteiger partial charge is 0.356 e. The Labute approximate surface area is 301 Å². The van der Waals surface area contributed by atoms with E-state index in [2.05, 4.69) is 30.9 Å². The lowest BCUT2D eigenvalue weighted by Gasteiger charge is -2.34. The molecule has 0 radical (unpaired) electrons. The normalized spacial score (nSPS) is 14.6. The van der Waals surface area contributed by atoms with Gasteiger partial charge in [-0.3, -0.25) is 19.9 Å². The van der Waals surface area contributed by atoms with Crippen molar-refractivity contribution < 1.29 is 31.5 Å². The van der Waals surface area contributed by atoms with Gasteiger partial charge in [-0.15, -0.1) is 0 Å². The van der Waals surface area contributed by atoms with Gasteiger partial charge in [0.15, 0.2) is 11.8 Å². The fraction of sp³-hybridized carbons (Fsp3) is 0.441. The average Bonchev–Trinajstić information content (AvgIpc) is 3.59. The molecule has 5 rings (SSSR count). The van der Waals surface area contributed by atoms with Crippen molar-refractivity contribution in [3.63, 3.8) is 0 Å². The molecule has 2 atom stereocenters. The number of nitrogens with zero attached hydrogens (tertiary/aromatic N) is 7. The second-order valence-corrected chi connectivity index (χ2v) is 14.1. The number of carbonyl (C=O) groups is 2. The van der Waals surface area contributed by atoms with Gasteiger partial charge in [0, 0.05) is 24.2 Å². The molecule has 1 aliphatic rings. The third-order valence-corrected chi connectivity index (χ3v) is 8.77. The molecule has 3 N–H and O–H groups in total. The molecule has 1 fully saturated rings. The van der Waals surface area contributed by atoms with Crippen LogP contribution in [0.4, 0.5) is 22.0 Å². The van der Waals surface area contributed by atoms with Gasteiger partial charge in [0.25, 0.3) is 12.3 Å². The van der Waals surface area contributed by atoms with Crippen molar-refractivity contribution in [1.29, 1.82) is 5.41 Å². The van der Waals surface area contributed by atoms with Crippen LogP contribution in [-0.2, 0) is 4.79 Å². The summed E-state index contributed by atoms with van der Waals surface area (Å²) in [5.41, 5.74) is 1.26. The molecule has 2 aromatic heterocycles. The van der Waals surface area contributed by atoms with Crippen molar-refractivity contribution in [3.8, 4) is 16.9 Å². The molecule has 0 spiro atoms. The molecule has 2 aromatic carbocycles. The van der Waals surface area contributed by atoms with Crippen LogP contribution in [0.2, 0.25) is 5.02 Å². The van der Waals surface area contributed by atoms with Gasteiger partial charge in [0.05, 0.1) is 29.0 Å². The van der Waals surface area contributed by atoms with Gasteiger partial charge in [-0.2, -0.15) is 33.3 Å². The SMILES string of the molecule is C[C@H](C(=O)NC[C@H](c1ccc(Cl)c(-n2ncnc2C(F)F)c1)N(C(=N)NCCC(C)(C)C)C(=O)c1ccc(-c2cnn(C3CC3)n2)cc1)C(F)(F)F. The number of rotatable bonds is 12. The van der Waals surface area contributed by atoms with E-state index in [9.17, 15) is 31.5 Å². The number of amides is 2. The number of nitrogens with one attached hydrogen (secondary N) is 3. The summed E-state index contributed by atoms with van der Waals surface area (Å²) >= 11 is 6.41. The van der Waals surface area contributed by atoms with Crippen LogP contribution >= 0.6 is 11.6 Å². The van der Waals surface area contributed by atoms with E-state index < -0.39 is 54.7 Å². The van der Waals surface area contributed by atoms with Crippen LogP contribution in [-0.4, -0.2) is 71.7 Å². The van der Waals surface area contributed by atoms with Gasteiger partial charge >= 0.3 is 6.18 Å². The van der Waals surface area contributed by atoms with Crippen LogP contribution < -0.4 is 10.6 Å². The van der Waals surface area contributed by atoms with Crippen molar-refractivity contribution in [2.45, 2.75) is 71.6 Å². The lowest BCUT2D eigenvalue weighted by molar-refractivity contribution is -0.178. The van der Waals surface area contributed by atoms with E-state index in [0.29, 0.717) is 24.6 Å². The Balaban J connectivity index is 1.56. The standard InChI is InChI=1S/C34H38ClF5N10O2/c1-19(34(38,39)40)30(51)43-17-27(22-9-12-24(35)26(15-22)49-29(28(36)37)44-18-46-49)48(32(41)42-14-13-33(2,3)4)31(52)21-7-5-20(6-8-21)25-16-45-50(47-25)23-10-11-23/h5-9,12,15-16,18-19,23,27-28H,10-11,13-14,17H2,1-4H3,(H2,41,42)(H,43,51)/t19-,27-/m1/s1. The Morgan fingerprint density at radius 2 is 1.75 bits per heavy atom. The van der Waals surface area contributed by atoms with Crippen molar-refractivity contribution in [3.05, 3.63) is 77.0 Å². The maximum atomic E-state index is 14.4. The van der Waals surface area contributed by atoms with Crippen molar-refractivity contribution in [2.24, 2.45) is 11.3 Å². The van der Waals surface area contributed by atoms with Crippen LogP contribution in [0.25, 0.3) is 16.9 Å². The predicted molar refractivity (Wildman–Crippen MR) is 182 cm³/mol. The molecule has 2 amide bonds. The van der Waals surface area contributed by atoms with Crippen LogP contribution in [0.5, 0.6) is 0 Å². The number of carbonyl (C=O) groups excluding carboxylic acids is 2. The highest BCUT2D eigenvalue weighted by molar-refractivity contribution is 6.32. The minimum atomic E-state index is -4.85. The number of alkyl halides is 5. The maximum absolute atomic E-state index is 14.4. The van der Waals surface area contributed by atoms with E-state index in [1.807, 2.05) is 20.8 Å². The van der Waals surface area contributed by atoms with Gasteiger partial charge in [-0.05, 0) is 61.4 Å². The number of hydrogen-bond acceptors (Lipinski definition) is 7. The first kappa shape index (κ1) is 38.3. The fourth-order valence-electron chi connectivity index (χ4n) is 5.19. The summed E-state index contributed by atoms with van der Waals surface area (Å²) in [6.07, 6.45) is -2.82. The highest BCUT2D eigenvalue weighted by Gasteiger charge is 2.42. The summed E-state index contributed by atoms with van der Waals surface area (Å²) in [6.45, 7) is 6.30. The lowest BCUT2D eigenvalue weighted by atomic mass is 9.92.